The fourth-order valence-corrected chi connectivity index (χ4v) is 4.18. The van der Waals surface area contributed by atoms with Crippen molar-refractivity contribution in [3.63, 3.8) is 0 Å². The van der Waals surface area contributed by atoms with Crippen LogP contribution < -0.4 is 10.9 Å². The van der Waals surface area contributed by atoms with E-state index in [4.69, 9.17) is 32.7 Å². The molecule has 1 aromatic heterocycles. The maximum absolute atomic E-state index is 13.2. The van der Waals surface area contributed by atoms with Crippen molar-refractivity contribution in [3.8, 4) is 0 Å². The Morgan fingerprint density at radius 1 is 1.05 bits per heavy atom. The molecule has 3 atom stereocenters. The van der Waals surface area contributed by atoms with Gasteiger partial charge in [-0.15, -0.1) is 0 Å². The van der Waals surface area contributed by atoms with E-state index >= 15 is 0 Å². The van der Waals surface area contributed by atoms with Crippen LogP contribution in [0.25, 0.3) is 10.8 Å². The SMILES string of the molecule is CC(C(=O)NC(CC(=O)OC(C)(C)C)C(O)COC(=O)c1cccc(Cl)c1Cl)n1ccc2ccccc2c1=O. The third-order valence-corrected chi connectivity index (χ3v) is 6.61. The second kappa shape index (κ2) is 12.6. The molecule has 3 rings (SSSR count). The van der Waals surface area contributed by atoms with Crippen LogP contribution in [0.1, 0.15) is 50.5 Å². The van der Waals surface area contributed by atoms with Crippen molar-refractivity contribution in [2.24, 2.45) is 0 Å². The van der Waals surface area contributed by atoms with E-state index in [1.54, 1.807) is 51.1 Å². The lowest BCUT2D eigenvalue weighted by molar-refractivity contribution is -0.156. The van der Waals surface area contributed by atoms with Gasteiger partial charge in [0.2, 0.25) is 5.91 Å². The lowest BCUT2D eigenvalue weighted by atomic mass is 10.1. The van der Waals surface area contributed by atoms with Gasteiger partial charge in [0.05, 0.1) is 28.1 Å². The summed E-state index contributed by atoms with van der Waals surface area (Å²) in [6.45, 7) is 5.99. The predicted molar refractivity (Wildman–Crippen MR) is 148 cm³/mol. The zero-order valence-electron chi connectivity index (χ0n) is 21.9. The number of benzene rings is 2. The number of nitrogens with one attached hydrogen (secondary N) is 1. The molecule has 3 aromatic rings. The normalized spacial score (nSPS) is 13.8. The molecule has 2 aromatic carbocycles. The Morgan fingerprint density at radius 2 is 1.74 bits per heavy atom. The highest BCUT2D eigenvalue weighted by Crippen LogP contribution is 2.26. The second-order valence-electron chi connectivity index (χ2n) is 9.96. The predicted octanol–water partition coefficient (Wildman–Crippen LogP) is 4.30. The van der Waals surface area contributed by atoms with Gasteiger partial charge in [-0.3, -0.25) is 14.4 Å². The van der Waals surface area contributed by atoms with Crippen LogP contribution >= 0.6 is 23.2 Å². The molecule has 208 valence electrons. The lowest BCUT2D eigenvalue weighted by Crippen LogP contribution is -2.49. The number of hydrogen-bond donors (Lipinski definition) is 2. The minimum Gasteiger partial charge on any atom is -0.460 e. The first-order chi connectivity index (χ1) is 18.3. The van der Waals surface area contributed by atoms with Crippen molar-refractivity contribution in [3.05, 3.63) is 80.7 Å². The molecule has 3 unspecified atom stereocenters. The molecule has 0 saturated heterocycles. The smallest absolute Gasteiger partial charge is 0.339 e. The highest BCUT2D eigenvalue weighted by Gasteiger charge is 2.30. The third-order valence-electron chi connectivity index (χ3n) is 5.79. The number of halogens is 2. The quantitative estimate of drug-likeness (QED) is 0.364. The number of amides is 1. The van der Waals surface area contributed by atoms with Gasteiger partial charge in [0, 0.05) is 11.6 Å². The molecule has 2 N–H and O–H groups in total. The van der Waals surface area contributed by atoms with Crippen molar-refractivity contribution in [1.29, 1.82) is 0 Å². The Morgan fingerprint density at radius 3 is 2.44 bits per heavy atom. The van der Waals surface area contributed by atoms with Crippen LogP contribution in [0.3, 0.4) is 0 Å². The van der Waals surface area contributed by atoms with E-state index in [0.29, 0.717) is 5.39 Å². The highest BCUT2D eigenvalue weighted by molar-refractivity contribution is 6.43. The van der Waals surface area contributed by atoms with E-state index in [0.717, 1.165) is 5.39 Å². The van der Waals surface area contributed by atoms with Crippen LogP contribution in [-0.2, 0) is 19.1 Å². The number of carbonyl (C=O) groups excluding carboxylic acids is 3. The summed E-state index contributed by atoms with van der Waals surface area (Å²) >= 11 is 12.0. The summed E-state index contributed by atoms with van der Waals surface area (Å²) in [7, 11) is 0. The average Bonchev–Trinajstić information content (AvgIpc) is 2.87. The van der Waals surface area contributed by atoms with Gasteiger partial charge in [0.15, 0.2) is 0 Å². The van der Waals surface area contributed by atoms with Gasteiger partial charge in [-0.25, -0.2) is 4.79 Å². The monoisotopic (exact) mass is 576 g/mol. The molecule has 0 aliphatic rings. The van der Waals surface area contributed by atoms with Gasteiger partial charge < -0.3 is 24.5 Å². The fraction of sp³-hybridized carbons (Fsp3) is 0.357. The summed E-state index contributed by atoms with van der Waals surface area (Å²) in [5.74, 6) is -2.17. The molecule has 39 heavy (non-hydrogen) atoms. The number of aromatic nitrogens is 1. The highest BCUT2D eigenvalue weighted by atomic mass is 35.5. The summed E-state index contributed by atoms with van der Waals surface area (Å²) in [6, 6.07) is 10.9. The van der Waals surface area contributed by atoms with Crippen molar-refractivity contribution in [2.45, 2.75) is 57.9 Å². The maximum Gasteiger partial charge on any atom is 0.339 e. The third kappa shape index (κ3) is 7.81. The maximum atomic E-state index is 13.2. The van der Waals surface area contributed by atoms with Crippen molar-refractivity contribution in [1.82, 2.24) is 9.88 Å². The number of esters is 2. The molecule has 0 fully saturated rings. The fourth-order valence-electron chi connectivity index (χ4n) is 3.80. The van der Waals surface area contributed by atoms with Crippen LogP contribution in [0, 0.1) is 0 Å². The van der Waals surface area contributed by atoms with Crippen LogP contribution in [0.2, 0.25) is 10.0 Å². The van der Waals surface area contributed by atoms with E-state index in [-0.39, 0.29) is 21.2 Å². The number of ether oxygens (including phenoxy) is 2. The Labute approximate surface area is 235 Å². The Bertz CT molecular complexity index is 1430. The van der Waals surface area contributed by atoms with E-state index in [2.05, 4.69) is 5.32 Å². The molecule has 0 aliphatic heterocycles. The lowest BCUT2D eigenvalue weighted by Gasteiger charge is -2.27. The Kier molecular flexibility index (Phi) is 9.77. The van der Waals surface area contributed by atoms with Crippen LogP contribution in [0.5, 0.6) is 0 Å². The van der Waals surface area contributed by atoms with Gasteiger partial charge in [-0.05, 0) is 57.3 Å². The molecule has 0 spiro atoms. The van der Waals surface area contributed by atoms with Gasteiger partial charge in [-0.2, -0.15) is 0 Å². The average molecular weight is 577 g/mol. The molecule has 0 bridgehead atoms. The molecule has 1 amide bonds. The van der Waals surface area contributed by atoms with E-state index in [1.165, 1.54) is 35.9 Å². The summed E-state index contributed by atoms with van der Waals surface area (Å²) in [4.78, 5) is 51.2. The van der Waals surface area contributed by atoms with Gasteiger partial charge in [-0.1, -0.05) is 47.5 Å². The van der Waals surface area contributed by atoms with E-state index in [9.17, 15) is 24.3 Å². The van der Waals surface area contributed by atoms with Gasteiger partial charge >= 0.3 is 11.9 Å². The number of fused-ring (bicyclic) bond motifs is 1. The minimum absolute atomic E-state index is 0.00611. The first-order valence-electron chi connectivity index (χ1n) is 12.2. The number of nitrogens with zero attached hydrogens (tertiary/aromatic N) is 1. The van der Waals surface area contributed by atoms with Gasteiger partial charge in [0.1, 0.15) is 24.4 Å². The zero-order valence-corrected chi connectivity index (χ0v) is 23.5. The van der Waals surface area contributed by atoms with Crippen LogP contribution in [-0.4, -0.2) is 51.9 Å². The summed E-state index contributed by atoms with van der Waals surface area (Å²) in [6.07, 6.45) is -0.409. The number of hydrogen-bond acceptors (Lipinski definition) is 7. The molecule has 0 saturated carbocycles. The number of aliphatic hydroxyl groups excluding tert-OH is 1. The molecular formula is C28H30Cl2N2O7. The molecular weight excluding hydrogens is 547 g/mol. The number of pyridine rings is 1. The van der Waals surface area contributed by atoms with Crippen molar-refractivity contribution in [2.75, 3.05) is 6.61 Å². The summed E-state index contributed by atoms with van der Waals surface area (Å²) in [5, 5.41) is 14.8. The number of aliphatic hydroxyl groups is 1. The second-order valence-corrected chi connectivity index (χ2v) is 10.7. The number of rotatable bonds is 9. The Hall–Kier alpha value is -3.40. The largest absolute Gasteiger partial charge is 0.460 e. The van der Waals surface area contributed by atoms with Crippen molar-refractivity contribution < 1.29 is 29.0 Å². The first-order valence-corrected chi connectivity index (χ1v) is 13.0. The van der Waals surface area contributed by atoms with E-state index < -0.39 is 54.7 Å². The Balaban J connectivity index is 1.78. The van der Waals surface area contributed by atoms with E-state index in [1.807, 2.05) is 0 Å². The summed E-state index contributed by atoms with van der Waals surface area (Å²) in [5.41, 5.74) is -1.18. The first kappa shape index (κ1) is 30.1. The standard InChI is InChI=1S/C28H30Cl2N2O7/c1-16(32-13-12-17-8-5-6-9-18(17)26(32)36)25(35)31-21(14-23(34)39-28(2,3)4)22(33)15-38-27(37)19-10-7-11-20(29)24(19)30/h5-13,16,21-22,33H,14-15H2,1-4H3,(H,31,35). The number of carbonyl (C=O) groups is 3. The van der Waals surface area contributed by atoms with Gasteiger partial charge in [0.25, 0.3) is 5.56 Å². The molecule has 1 heterocycles. The van der Waals surface area contributed by atoms with Crippen molar-refractivity contribution >= 4 is 51.8 Å². The molecule has 0 aliphatic carbocycles. The summed E-state index contributed by atoms with van der Waals surface area (Å²) < 4.78 is 11.8. The molecule has 0 radical (unpaired) electrons. The minimum atomic E-state index is -1.50. The van der Waals surface area contributed by atoms with Crippen LogP contribution in [0.4, 0.5) is 0 Å². The topological polar surface area (TPSA) is 124 Å². The molecule has 11 heteroatoms. The molecule has 9 nitrogen and oxygen atoms in total. The van der Waals surface area contributed by atoms with Crippen LogP contribution in [0.15, 0.2) is 59.5 Å². The zero-order chi connectivity index (χ0) is 28.9.